The molecule has 0 aliphatic rings. The van der Waals surface area contributed by atoms with Gasteiger partial charge >= 0.3 is 5.97 Å². The van der Waals surface area contributed by atoms with Crippen molar-refractivity contribution >= 4 is 12.0 Å². The Balaban J connectivity index is 2.96. The predicted molar refractivity (Wildman–Crippen MR) is 70.1 cm³/mol. The third-order valence-corrected chi connectivity index (χ3v) is 2.38. The van der Waals surface area contributed by atoms with Crippen LogP contribution in [0.4, 0.5) is 0 Å². The largest absolute Gasteiger partial charge is 0.493 e. The molecular weight excluding hydrogens is 232 g/mol. The molecule has 1 N–H and O–H groups in total. The van der Waals surface area contributed by atoms with Crippen LogP contribution in [0.15, 0.2) is 24.3 Å². The van der Waals surface area contributed by atoms with Crippen LogP contribution in [-0.4, -0.2) is 24.8 Å². The molecule has 0 bridgehead atoms. The molecule has 0 aliphatic carbocycles. The molecule has 0 saturated carbocycles. The molecule has 0 heterocycles. The van der Waals surface area contributed by atoms with E-state index in [1.807, 2.05) is 0 Å². The number of methoxy groups -OCH3 is 1. The van der Waals surface area contributed by atoms with Crippen molar-refractivity contribution in [1.29, 1.82) is 0 Å². The summed E-state index contributed by atoms with van der Waals surface area (Å²) in [6.07, 6.45) is 4.57. The zero-order chi connectivity index (χ0) is 13.4. The molecule has 4 heteroatoms. The molecule has 0 aliphatic heterocycles. The van der Waals surface area contributed by atoms with Gasteiger partial charge in [0.2, 0.25) is 0 Å². The highest BCUT2D eigenvalue weighted by molar-refractivity contribution is 5.86. The van der Waals surface area contributed by atoms with Crippen LogP contribution < -0.4 is 9.47 Å². The van der Waals surface area contributed by atoms with E-state index >= 15 is 0 Å². The summed E-state index contributed by atoms with van der Waals surface area (Å²) in [4.78, 5) is 10.5. The van der Waals surface area contributed by atoms with Crippen molar-refractivity contribution in [3.63, 3.8) is 0 Å². The Labute approximate surface area is 107 Å². The van der Waals surface area contributed by atoms with E-state index in [2.05, 4.69) is 6.92 Å². The minimum Gasteiger partial charge on any atom is -0.493 e. The van der Waals surface area contributed by atoms with Gasteiger partial charge in [-0.3, -0.25) is 0 Å². The van der Waals surface area contributed by atoms with Gasteiger partial charge in [0, 0.05) is 11.6 Å². The number of ether oxygens (including phenoxy) is 2. The Morgan fingerprint density at radius 1 is 1.44 bits per heavy atom. The number of carbonyl (C=O) groups is 1. The lowest BCUT2D eigenvalue weighted by Crippen LogP contribution is -2.00. The second-order valence-corrected chi connectivity index (χ2v) is 3.75. The minimum absolute atomic E-state index is 0.588. The molecule has 0 fully saturated rings. The maximum absolute atomic E-state index is 10.5. The lowest BCUT2D eigenvalue weighted by molar-refractivity contribution is -0.131. The van der Waals surface area contributed by atoms with Crippen LogP contribution in [0.25, 0.3) is 6.08 Å². The van der Waals surface area contributed by atoms with Crippen LogP contribution in [0.5, 0.6) is 11.5 Å². The van der Waals surface area contributed by atoms with Crippen molar-refractivity contribution in [1.82, 2.24) is 0 Å². The second-order valence-electron chi connectivity index (χ2n) is 3.75. The van der Waals surface area contributed by atoms with E-state index in [9.17, 15) is 4.79 Å². The number of aliphatic carboxylic acids is 1. The smallest absolute Gasteiger partial charge is 0.328 e. The normalized spacial score (nSPS) is 10.6. The first-order valence-corrected chi connectivity index (χ1v) is 5.89. The Morgan fingerprint density at radius 2 is 2.22 bits per heavy atom. The van der Waals surface area contributed by atoms with Crippen LogP contribution in [0.3, 0.4) is 0 Å². The second kappa shape index (κ2) is 7.37. The van der Waals surface area contributed by atoms with Gasteiger partial charge in [0.15, 0.2) is 11.5 Å². The first kappa shape index (κ1) is 14.1. The summed E-state index contributed by atoms with van der Waals surface area (Å²) in [6, 6.07) is 5.38. The van der Waals surface area contributed by atoms with Crippen molar-refractivity contribution in [2.75, 3.05) is 13.7 Å². The molecule has 4 nitrogen and oxygen atoms in total. The number of rotatable bonds is 7. The fraction of sp³-hybridized carbons (Fsp3) is 0.357. The van der Waals surface area contributed by atoms with Gasteiger partial charge in [0.1, 0.15) is 0 Å². The lowest BCUT2D eigenvalue weighted by Gasteiger charge is -2.12. The van der Waals surface area contributed by atoms with E-state index in [4.69, 9.17) is 14.6 Å². The van der Waals surface area contributed by atoms with E-state index in [1.165, 1.54) is 6.08 Å². The summed E-state index contributed by atoms with van der Waals surface area (Å²) >= 11 is 0. The van der Waals surface area contributed by atoms with E-state index in [1.54, 1.807) is 25.3 Å². The van der Waals surface area contributed by atoms with Gasteiger partial charge in [-0.1, -0.05) is 25.5 Å². The maximum atomic E-state index is 10.5. The zero-order valence-corrected chi connectivity index (χ0v) is 10.7. The number of hydrogen-bond acceptors (Lipinski definition) is 3. The number of hydrogen-bond donors (Lipinski definition) is 1. The highest BCUT2D eigenvalue weighted by Crippen LogP contribution is 2.32. The number of carboxylic acids is 1. The minimum atomic E-state index is -0.989. The predicted octanol–water partition coefficient (Wildman–Crippen LogP) is 2.97. The third-order valence-electron chi connectivity index (χ3n) is 2.38. The molecule has 0 spiro atoms. The van der Waals surface area contributed by atoms with Gasteiger partial charge in [0.05, 0.1) is 13.7 Å². The molecule has 0 amide bonds. The highest BCUT2D eigenvalue weighted by Gasteiger charge is 2.08. The lowest BCUT2D eigenvalue weighted by atomic mass is 10.1. The van der Waals surface area contributed by atoms with Crippen LogP contribution in [0.1, 0.15) is 25.3 Å². The average Bonchev–Trinajstić information content (AvgIpc) is 2.37. The SMILES string of the molecule is CCCCOc1c(/C=C/C(=O)O)cccc1OC. The summed E-state index contributed by atoms with van der Waals surface area (Å²) in [7, 11) is 1.56. The van der Waals surface area contributed by atoms with E-state index < -0.39 is 5.97 Å². The maximum Gasteiger partial charge on any atom is 0.328 e. The van der Waals surface area contributed by atoms with E-state index in [-0.39, 0.29) is 0 Å². The molecule has 0 radical (unpaired) electrons. The van der Waals surface area contributed by atoms with Crippen LogP contribution in [-0.2, 0) is 4.79 Å². The van der Waals surface area contributed by atoms with Gasteiger partial charge in [-0.15, -0.1) is 0 Å². The zero-order valence-electron chi connectivity index (χ0n) is 10.7. The molecule has 18 heavy (non-hydrogen) atoms. The van der Waals surface area contributed by atoms with Crippen LogP contribution in [0.2, 0.25) is 0 Å². The quantitative estimate of drug-likeness (QED) is 0.597. The Bertz CT molecular complexity index is 424. The average molecular weight is 250 g/mol. The summed E-state index contributed by atoms with van der Waals surface area (Å²) in [6.45, 7) is 2.67. The Hall–Kier alpha value is -1.97. The fourth-order valence-electron chi connectivity index (χ4n) is 1.46. The highest BCUT2D eigenvalue weighted by atomic mass is 16.5. The topological polar surface area (TPSA) is 55.8 Å². The summed E-state index contributed by atoms with van der Waals surface area (Å²) in [5.74, 6) is 0.210. The first-order chi connectivity index (χ1) is 8.69. The number of unbranched alkanes of at least 4 members (excludes halogenated alkanes) is 1. The number of benzene rings is 1. The molecular formula is C14H18O4. The molecule has 1 aromatic carbocycles. The van der Waals surface area contributed by atoms with Gasteiger partial charge in [-0.25, -0.2) is 4.79 Å². The van der Waals surface area contributed by atoms with Crippen LogP contribution in [0, 0.1) is 0 Å². The van der Waals surface area contributed by atoms with Crippen molar-refractivity contribution in [2.24, 2.45) is 0 Å². The molecule has 0 aromatic heterocycles. The number of para-hydroxylation sites is 1. The summed E-state index contributed by atoms with van der Waals surface area (Å²) < 4.78 is 10.9. The van der Waals surface area contributed by atoms with Gasteiger partial charge in [-0.2, -0.15) is 0 Å². The molecule has 0 saturated heterocycles. The monoisotopic (exact) mass is 250 g/mol. The third kappa shape index (κ3) is 4.13. The Kier molecular flexibility index (Phi) is 5.77. The first-order valence-electron chi connectivity index (χ1n) is 5.89. The molecule has 1 aromatic rings. The Morgan fingerprint density at radius 3 is 2.83 bits per heavy atom. The van der Waals surface area contributed by atoms with Crippen molar-refractivity contribution in [3.05, 3.63) is 29.8 Å². The fourth-order valence-corrected chi connectivity index (χ4v) is 1.46. The van der Waals surface area contributed by atoms with Gasteiger partial charge in [-0.05, 0) is 18.6 Å². The van der Waals surface area contributed by atoms with E-state index in [0.29, 0.717) is 23.7 Å². The summed E-state index contributed by atoms with van der Waals surface area (Å²) in [5.41, 5.74) is 0.702. The van der Waals surface area contributed by atoms with Gasteiger partial charge < -0.3 is 14.6 Å². The van der Waals surface area contributed by atoms with Crippen molar-refractivity contribution < 1.29 is 19.4 Å². The standard InChI is InChI=1S/C14H18O4/c1-3-4-10-18-14-11(8-9-13(15)16)6-5-7-12(14)17-2/h5-9H,3-4,10H2,1-2H3,(H,15,16)/b9-8+. The molecule has 0 unspecified atom stereocenters. The van der Waals surface area contributed by atoms with Gasteiger partial charge in [0.25, 0.3) is 0 Å². The molecule has 1 rings (SSSR count). The van der Waals surface area contributed by atoms with Crippen LogP contribution >= 0.6 is 0 Å². The van der Waals surface area contributed by atoms with E-state index in [0.717, 1.165) is 18.9 Å². The molecule has 0 atom stereocenters. The molecule has 98 valence electrons. The van der Waals surface area contributed by atoms with Crippen molar-refractivity contribution in [2.45, 2.75) is 19.8 Å². The van der Waals surface area contributed by atoms with Crippen molar-refractivity contribution in [3.8, 4) is 11.5 Å². The summed E-state index contributed by atoms with van der Waals surface area (Å²) in [5, 5.41) is 8.65. The number of carboxylic acid groups (broad SMARTS) is 1.